The van der Waals surface area contributed by atoms with Crippen molar-refractivity contribution < 1.29 is 0 Å². The van der Waals surface area contributed by atoms with Gasteiger partial charge in [-0.1, -0.05) is 178 Å². The van der Waals surface area contributed by atoms with Crippen LogP contribution >= 0.6 is 0 Å². The Balaban J connectivity index is 1.27. The highest BCUT2D eigenvalue weighted by atomic mass is 28.3. The van der Waals surface area contributed by atoms with Gasteiger partial charge in [-0.05, 0) is 74.2 Å². The molecule has 3 heterocycles. The summed E-state index contributed by atoms with van der Waals surface area (Å²) in [4.78, 5) is 16.4. The predicted molar refractivity (Wildman–Crippen MR) is 261 cm³/mol. The lowest BCUT2D eigenvalue weighted by Crippen LogP contribution is -2.74. The average molecular weight is 827 g/mol. The first-order valence-corrected chi connectivity index (χ1v) is 23.3. The van der Waals surface area contributed by atoms with Crippen molar-refractivity contribution in [3.63, 3.8) is 0 Å². The monoisotopic (exact) mass is 826 g/mol. The molecule has 0 amide bonds. The van der Waals surface area contributed by atoms with Gasteiger partial charge in [0.25, 0.3) is 0 Å². The van der Waals surface area contributed by atoms with E-state index in [9.17, 15) is 5.26 Å². The third-order valence-corrected chi connectivity index (χ3v) is 17.3. The Kier molecular flexibility index (Phi) is 9.00. The van der Waals surface area contributed by atoms with Crippen LogP contribution in [0.25, 0.3) is 66.9 Å². The van der Waals surface area contributed by atoms with Gasteiger partial charge in [0.15, 0.2) is 13.9 Å². The summed E-state index contributed by atoms with van der Waals surface area (Å²) in [5.41, 5.74) is 6.36. The maximum absolute atomic E-state index is 9.96. The van der Waals surface area contributed by atoms with E-state index in [0.717, 1.165) is 49.2 Å². The fraction of sp³-hybridized carbons (Fsp3) is 0.0714. The van der Waals surface area contributed by atoms with Crippen molar-refractivity contribution in [3.8, 4) is 29.4 Å². The Labute approximate surface area is 367 Å². The topological polar surface area (TPSA) is 72.3 Å². The molecule has 0 bridgehead atoms. The van der Waals surface area contributed by atoms with Crippen LogP contribution in [-0.2, 0) is 5.41 Å². The fourth-order valence-electron chi connectivity index (χ4n) is 9.55. The molecule has 0 N–H and O–H groups in total. The second-order valence-electron chi connectivity index (χ2n) is 17.2. The molecule has 11 aromatic rings. The van der Waals surface area contributed by atoms with Crippen molar-refractivity contribution in [1.29, 1.82) is 5.26 Å². The zero-order chi connectivity index (χ0) is 42.7. The van der Waals surface area contributed by atoms with Gasteiger partial charge in [0.1, 0.15) is 0 Å². The Morgan fingerprint density at radius 1 is 0.429 bits per heavy atom. The summed E-state index contributed by atoms with van der Waals surface area (Å²) in [5.74, 6) is 1.58. The highest BCUT2D eigenvalue weighted by Gasteiger charge is 2.42. The molecule has 0 radical (unpaired) electrons. The Morgan fingerprint density at radius 3 is 1.32 bits per heavy atom. The number of hydrogen-bond acceptors (Lipinski definition) is 4. The summed E-state index contributed by atoms with van der Waals surface area (Å²) < 4.78 is 4.30. The zero-order valence-corrected chi connectivity index (χ0v) is 36.2. The molecule has 6 nitrogen and oxygen atoms in total. The Morgan fingerprint density at radius 2 is 0.857 bits per heavy atom. The summed E-state index contributed by atoms with van der Waals surface area (Å²) in [6.45, 7) is 6.84. The Hall–Kier alpha value is -7.92. The normalized spacial score (nSPS) is 12.0. The van der Waals surface area contributed by atoms with E-state index in [0.29, 0.717) is 23.3 Å². The van der Waals surface area contributed by atoms with Gasteiger partial charge < -0.3 is 0 Å². The first-order valence-electron chi connectivity index (χ1n) is 21.3. The van der Waals surface area contributed by atoms with E-state index in [1.54, 1.807) is 0 Å². The quantitative estimate of drug-likeness (QED) is 0.119. The summed E-state index contributed by atoms with van der Waals surface area (Å²) in [7, 11) is -2.97. The minimum atomic E-state index is -2.97. The zero-order valence-electron chi connectivity index (χ0n) is 35.2. The van der Waals surface area contributed by atoms with E-state index in [2.05, 4.69) is 206 Å². The SMILES string of the molecule is CC(C)(C)c1cc(-c2nc(-n3c4ccccc4c4ccccc43)nc(-n3c4ccccc4c4cc(C#N)ccc43)n2)cc([Si](c2ccccc2)(c2ccccc2)c2ccccc2)c1. The van der Waals surface area contributed by atoms with E-state index < -0.39 is 8.07 Å². The summed E-state index contributed by atoms with van der Waals surface area (Å²) in [6, 6.07) is 73.6. The number of nitriles is 1. The maximum Gasteiger partial charge on any atom is 0.240 e. The van der Waals surface area contributed by atoms with Crippen molar-refractivity contribution in [2.75, 3.05) is 0 Å². The van der Waals surface area contributed by atoms with Gasteiger partial charge in [0.05, 0.1) is 33.7 Å². The third-order valence-electron chi connectivity index (χ3n) is 12.5. The predicted octanol–water partition coefficient (Wildman–Crippen LogP) is 10.3. The van der Waals surface area contributed by atoms with Crippen LogP contribution in [0.4, 0.5) is 0 Å². The molecule has 11 rings (SSSR count). The molecule has 8 aromatic carbocycles. The molecule has 3 aromatic heterocycles. The number of fused-ring (bicyclic) bond motifs is 6. The van der Waals surface area contributed by atoms with Crippen LogP contribution in [0.2, 0.25) is 0 Å². The lowest BCUT2D eigenvalue weighted by Gasteiger charge is -2.36. The molecule has 0 fully saturated rings. The number of nitrogens with zero attached hydrogens (tertiary/aromatic N) is 6. The van der Waals surface area contributed by atoms with Gasteiger partial charge in [-0.3, -0.25) is 9.13 Å². The molecular weight excluding hydrogens is 785 g/mol. The molecule has 0 atom stereocenters. The molecule has 0 aliphatic heterocycles. The van der Waals surface area contributed by atoms with E-state index in [-0.39, 0.29) is 5.41 Å². The van der Waals surface area contributed by atoms with Gasteiger partial charge in [-0.2, -0.15) is 20.2 Å². The number of hydrogen-bond donors (Lipinski definition) is 0. The van der Waals surface area contributed by atoms with Crippen LogP contribution in [0.1, 0.15) is 31.9 Å². The van der Waals surface area contributed by atoms with Crippen LogP contribution in [-0.4, -0.2) is 32.2 Å². The first kappa shape index (κ1) is 38.0. The summed E-state index contributed by atoms with van der Waals surface area (Å²) in [5, 5.41) is 19.3. The Bertz CT molecular complexity index is 3410. The van der Waals surface area contributed by atoms with Gasteiger partial charge >= 0.3 is 0 Å². The molecule has 0 spiro atoms. The van der Waals surface area contributed by atoms with Crippen LogP contribution in [0.15, 0.2) is 200 Å². The standard InChI is InChI=1S/C56H42N6Si/c1-56(2,3)40-34-39(35-44(36-40)63(41-19-7-4-8-20-41,42-21-9-5-10-22-42)43-23-11-6-12-24-43)53-58-54(61-49-28-16-13-25-45(49)46-26-14-17-29-50(46)61)60-55(59-53)62-51-30-18-15-27-47(51)48-33-38(37-57)31-32-52(48)62/h4-36H,1-3H3. The van der Waals surface area contributed by atoms with Gasteiger partial charge in [-0.25, -0.2) is 0 Å². The molecule has 0 saturated carbocycles. The lowest BCUT2D eigenvalue weighted by atomic mass is 9.86. The molecule has 63 heavy (non-hydrogen) atoms. The van der Waals surface area contributed by atoms with Crippen molar-refractivity contribution in [2.24, 2.45) is 0 Å². The number of benzene rings is 8. The minimum absolute atomic E-state index is 0.216. The molecular formula is C56H42N6Si. The molecule has 0 aliphatic carbocycles. The molecule has 0 unspecified atom stereocenters. The van der Waals surface area contributed by atoms with E-state index in [1.807, 2.05) is 30.3 Å². The first-order chi connectivity index (χ1) is 30.8. The van der Waals surface area contributed by atoms with Crippen LogP contribution in [0, 0.1) is 11.3 Å². The largest absolute Gasteiger partial charge is 0.278 e. The van der Waals surface area contributed by atoms with Crippen LogP contribution in [0.3, 0.4) is 0 Å². The van der Waals surface area contributed by atoms with Gasteiger partial charge in [0, 0.05) is 27.1 Å². The number of aromatic nitrogens is 5. The van der Waals surface area contributed by atoms with E-state index >= 15 is 0 Å². The van der Waals surface area contributed by atoms with Crippen molar-refractivity contribution >= 4 is 72.4 Å². The second-order valence-corrected chi connectivity index (χ2v) is 21.0. The van der Waals surface area contributed by atoms with Crippen LogP contribution < -0.4 is 20.7 Å². The fourth-order valence-corrected chi connectivity index (χ4v) is 14.4. The van der Waals surface area contributed by atoms with Crippen molar-refractivity contribution in [2.45, 2.75) is 26.2 Å². The summed E-state index contributed by atoms with van der Waals surface area (Å²) in [6.07, 6.45) is 0. The van der Waals surface area contributed by atoms with Gasteiger partial charge in [0.2, 0.25) is 11.9 Å². The molecule has 7 heteroatoms. The van der Waals surface area contributed by atoms with Crippen LogP contribution in [0.5, 0.6) is 0 Å². The highest BCUT2D eigenvalue weighted by Crippen LogP contribution is 2.35. The average Bonchev–Trinajstić information content (AvgIpc) is 3.85. The van der Waals surface area contributed by atoms with Crippen molar-refractivity contribution in [1.82, 2.24) is 24.1 Å². The molecule has 300 valence electrons. The number of rotatable bonds is 7. The molecule has 0 aliphatic rings. The lowest BCUT2D eigenvalue weighted by molar-refractivity contribution is 0.591. The third kappa shape index (κ3) is 6.18. The van der Waals surface area contributed by atoms with Crippen molar-refractivity contribution in [3.05, 3.63) is 211 Å². The molecule has 0 saturated heterocycles. The highest BCUT2D eigenvalue weighted by molar-refractivity contribution is 7.20. The summed E-state index contributed by atoms with van der Waals surface area (Å²) >= 11 is 0. The smallest absolute Gasteiger partial charge is 0.240 e. The van der Waals surface area contributed by atoms with E-state index in [1.165, 1.54) is 26.3 Å². The number of para-hydroxylation sites is 3. The van der Waals surface area contributed by atoms with E-state index in [4.69, 9.17) is 15.0 Å². The second kappa shape index (κ2) is 14.9. The maximum atomic E-state index is 9.96. The van der Waals surface area contributed by atoms with Gasteiger partial charge in [-0.15, -0.1) is 0 Å². The minimum Gasteiger partial charge on any atom is -0.278 e.